The Morgan fingerprint density at radius 1 is 1.62 bits per heavy atom. The summed E-state index contributed by atoms with van der Waals surface area (Å²) >= 11 is 4.12. The van der Waals surface area contributed by atoms with Crippen molar-refractivity contribution in [2.24, 2.45) is 0 Å². The molecule has 0 spiro atoms. The molecule has 0 amide bonds. The summed E-state index contributed by atoms with van der Waals surface area (Å²) in [5.41, 5.74) is 6.02. The molecule has 0 saturated heterocycles. The van der Waals surface area contributed by atoms with Gasteiger partial charge in [0.05, 0.1) is 5.69 Å². The quantitative estimate of drug-likeness (QED) is 0.329. The number of carbonyl (C=O) groups is 1. The number of ether oxygens (including phenoxy) is 1. The Bertz CT molecular complexity index is 305. The number of hydrogen-bond donors (Lipinski definition) is 2. The zero-order valence-electron chi connectivity index (χ0n) is 7.28. The van der Waals surface area contributed by atoms with E-state index in [-0.39, 0.29) is 5.97 Å². The number of anilines is 1. The topological polar surface area (TPSA) is 52.3 Å². The van der Waals surface area contributed by atoms with Crippen molar-refractivity contribution in [1.29, 1.82) is 0 Å². The molecule has 1 aromatic rings. The number of rotatable bonds is 2. The minimum absolute atomic E-state index is 0.312. The lowest BCUT2D eigenvalue weighted by atomic mass is 10.3. The minimum Gasteiger partial charge on any atom is -0.423 e. The molecule has 1 rings (SSSR count). The van der Waals surface area contributed by atoms with E-state index in [2.05, 4.69) is 12.6 Å². The third-order valence-corrected chi connectivity index (χ3v) is 1.88. The summed E-state index contributed by atoms with van der Waals surface area (Å²) < 4.78 is 4.98. The SMILES string of the molecule is CCC(=O)Oc1c(N)cccc1S. The second kappa shape index (κ2) is 4.18. The van der Waals surface area contributed by atoms with Crippen molar-refractivity contribution in [1.82, 2.24) is 0 Å². The van der Waals surface area contributed by atoms with Crippen molar-refractivity contribution in [3.05, 3.63) is 18.2 Å². The second-order valence-electron chi connectivity index (χ2n) is 2.52. The first kappa shape index (κ1) is 9.92. The third-order valence-electron chi connectivity index (χ3n) is 1.53. The second-order valence-corrected chi connectivity index (χ2v) is 3.00. The van der Waals surface area contributed by atoms with Gasteiger partial charge in [-0.15, -0.1) is 12.6 Å². The number of benzene rings is 1. The maximum absolute atomic E-state index is 11.0. The van der Waals surface area contributed by atoms with E-state index in [4.69, 9.17) is 10.5 Å². The van der Waals surface area contributed by atoms with Crippen molar-refractivity contribution in [2.45, 2.75) is 18.2 Å². The molecular weight excluding hydrogens is 186 g/mol. The molecule has 4 heteroatoms. The molecule has 0 fully saturated rings. The number of nitrogens with two attached hydrogens (primary N) is 1. The van der Waals surface area contributed by atoms with Crippen LogP contribution in [0.4, 0.5) is 5.69 Å². The average Bonchev–Trinajstić information content (AvgIpc) is 2.11. The highest BCUT2D eigenvalue weighted by molar-refractivity contribution is 7.80. The normalized spacial score (nSPS) is 9.69. The number of carbonyl (C=O) groups excluding carboxylic acids is 1. The highest BCUT2D eigenvalue weighted by Gasteiger charge is 2.08. The maximum Gasteiger partial charge on any atom is 0.311 e. The summed E-state index contributed by atoms with van der Waals surface area (Å²) in [6, 6.07) is 5.14. The number of nitrogen functional groups attached to an aromatic ring is 1. The van der Waals surface area contributed by atoms with Crippen molar-refractivity contribution in [3.63, 3.8) is 0 Å². The fourth-order valence-electron chi connectivity index (χ4n) is 0.839. The number of hydrogen-bond acceptors (Lipinski definition) is 4. The van der Waals surface area contributed by atoms with Gasteiger partial charge in [0.25, 0.3) is 0 Å². The highest BCUT2D eigenvalue weighted by atomic mass is 32.1. The fourth-order valence-corrected chi connectivity index (χ4v) is 1.10. The van der Waals surface area contributed by atoms with Gasteiger partial charge >= 0.3 is 5.97 Å². The Morgan fingerprint density at radius 2 is 2.31 bits per heavy atom. The zero-order chi connectivity index (χ0) is 9.84. The Kier molecular flexibility index (Phi) is 3.19. The van der Waals surface area contributed by atoms with Crippen LogP contribution in [0, 0.1) is 0 Å². The van der Waals surface area contributed by atoms with Gasteiger partial charge in [0.1, 0.15) is 0 Å². The fraction of sp³-hybridized carbons (Fsp3) is 0.222. The molecule has 0 saturated carbocycles. The first-order valence-electron chi connectivity index (χ1n) is 3.93. The molecule has 0 aromatic heterocycles. The standard InChI is InChI=1S/C9H11NO2S/c1-2-8(11)12-9-6(10)4-3-5-7(9)13/h3-5,13H,2,10H2,1H3. The van der Waals surface area contributed by atoms with E-state index in [1.807, 2.05) is 0 Å². The molecule has 0 bridgehead atoms. The van der Waals surface area contributed by atoms with Crippen LogP contribution < -0.4 is 10.5 Å². The van der Waals surface area contributed by atoms with E-state index in [1.165, 1.54) is 0 Å². The highest BCUT2D eigenvalue weighted by Crippen LogP contribution is 2.29. The van der Waals surface area contributed by atoms with Crippen LogP contribution in [0.5, 0.6) is 5.75 Å². The van der Waals surface area contributed by atoms with Crippen LogP contribution in [0.3, 0.4) is 0 Å². The van der Waals surface area contributed by atoms with Crippen molar-refractivity contribution in [3.8, 4) is 5.75 Å². The van der Waals surface area contributed by atoms with Crippen molar-refractivity contribution >= 4 is 24.3 Å². The smallest absolute Gasteiger partial charge is 0.311 e. The number of esters is 1. The Labute approximate surface area is 82.3 Å². The van der Waals surface area contributed by atoms with Crippen LogP contribution in [-0.4, -0.2) is 5.97 Å². The molecule has 13 heavy (non-hydrogen) atoms. The van der Waals surface area contributed by atoms with Crippen LogP contribution in [0.1, 0.15) is 13.3 Å². The summed E-state index contributed by atoms with van der Waals surface area (Å²) in [7, 11) is 0. The summed E-state index contributed by atoms with van der Waals surface area (Å²) in [4.78, 5) is 11.5. The monoisotopic (exact) mass is 197 g/mol. The summed E-state index contributed by atoms with van der Waals surface area (Å²) in [5.74, 6) is 0.0332. The molecule has 1 aromatic carbocycles. The van der Waals surface area contributed by atoms with Gasteiger partial charge in [-0.2, -0.15) is 0 Å². The predicted molar refractivity (Wildman–Crippen MR) is 54.0 cm³/mol. The molecular formula is C9H11NO2S. The minimum atomic E-state index is -0.312. The molecule has 0 aliphatic carbocycles. The number of thiol groups is 1. The third kappa shape index (κ3) is 2.39. The van der Waals surface area contributed by atoms with Gasteiger partial charge in [0.2, 0.25) is 0 Å². The van der Waals surface area contributed by atoms with E-state index in [0.29, 0.717) is 22.8 Å². The van der Waals surface area contributed by atoms with Crippen LogP contribution in [0.15, 0.2) is 23.1 Å². The van der Waals surface area contributed by atoms with Crippen molar-refractivity contribution in [2.75, 3.05) is 5.73 Å². The molecule has 0 unspecified atom stereocenters. The van der Waals surface area contributed by atoms with Crippen LogP contribution in [-0.2, 0) is 4.79 Å². The molecule has 3 nitrogen and oxygen atoms in total. The maximum atomic E-state index is 11.0. The predicted octanol–water partition coefficient (Wildman–Crippen LogP) is 1.87. The van der Waals surface area contributed by atoms with E-state index in [1.54, 1.807) is 25.1 Å². The molecule has 0 atom stereocenters. The molecule has 0 heterocycles. The first-order chi connectivity index (χ1) is 6.15. The number of para-hydroxylation sites is 1. The van der Waals surface area contributed by atoms with Gasteiger partial charge in [-0.05, 0) is 12.1 Å². The summed E-state index contributed by atoms with van der Waals surface area (Å²) in [5, 5.41) is 0. The van der Waals surface area contributed by atoms with Crippen LogP contribution in [0.2, 0.25) is 0 Å². The van der Waals surface area contributed by atoms with Gasteiger partial charge in [-0.25, -0.2) is 0 Å². The molecule has 0 aliphatic rings. The molecule has 0 radical (unpaired) electrons. The van der Waals surface area contributed by atoms with Crippen LogP contribution in [0.25, 0.3) is 0 Å². The average molecular weight is 197 g/mol. The molecule has 0 aliphatic heterocycles. The first-order valence-corrected chi connectivity index (χ1v) is 4.38. The van der Waals surface area contributed by atoms with Gasteiger partial charge in [0.15, 0.2) is 5.75 Å². The molecule has 70 valence electrons. The van der Waals surface area contributed by atoms with Gasteiger partial charge in [0, 0.05) is 11.3 Å². The lowest BCUT2D eigenvalue weighted by molar-refractivity contribution is -0.134. The Balaban J connectivity index is 2.93. The van der Waals surface area contributed by atoms with Gasteiger partial charge in [-0.3, -0.25) is 4.79 Å². The van der Waals surface area contributed by atoms with E-state index in [9.17, 15) is 4.79 Å². The molecule has 2 N–H and O–H groups in total. The van der Waals surface area contributed by atoms with Gasteiger partial charge < -0.3 is 10.5 Å². The van der Waals surface area contributed by atoms with E-state index in [0.717, 1.165) is 0 Å². The summed E-state index contributed by atoms with van der Waals surface area (Å²) in [6.45, 7) is 1.72. The van der Waals surface area contributed by atoms with Crippen LogP contribution >= 0.6 is 12.6 Å². The summed E-state index contributed by atoms with van der Waals surface area (Å²) in [6.07, 6.45) is 0.321. The van der Waals surface area contributed by atoms with E-state index >= 15 is 0 Å². The Morgan fingerprint density at radius 3 is 2.85 bits per heavy atom. The van der Waals surface area contributed by atoms with E-state index < -0.39 is 0 Å². The van der Waals surface area contributed by atoms with Gasteiger partial charge in [-0.1, -0.05) is 13.0 Å². The lowest BCUT2D eigenvalue weighted by Gasteiger charge is -2.07. The Hall–Kier alpha value is -1.16. The largest absolute Gasteiger partial charge is 0.423 e. The zero-order valence-corrected chi connectivity index (χ0v) is 8.17. The van der Waals surface area contributed by atoms with Crippen molar-refractivity contribution < 1.29 is 9.53 Å². The lowest BCUT2D eigenvalue weighted by Crippen LogP contribution is -2.07.